The molecule has 1 heteroatoms. The highest BCUT2D eigenvalue weighted by atomic mass is 15.0. The molecule has 1 unspecified atom stereocenters. The van der Waals surface area contributed by atoms with Crippen molar-refractivity contribution in [1.82, 2.24) is 0 Å². The molecule has 1 saturated carbocycles. The molecular formula is C17H26N+. The first-order chi connectivity index (χ1) is 8.69. The van der Waals surface area contributed by atoms with Gasteiger partial charge in [0, 0.05) is 24.8 Å². The molecule has 1 atom stereocenters. The number of hydrogen-bond donors (Lipinski definition) is 1. The van der Waals surface area contributed by atoms with Crippen molar-refractivity contribution in [3.8, 4) is 0 Å². The average Bonchev–Trinajstić information content (AvgIpc) is 2.53. The molecule has 1 aromatic carbocycles. The van der Waals surface area contributed by atoms with E-state index >= 15 is 0 Å². The van der Waals surface area contributed by atoms with Gasteiger partial charge in [-0.2, -0.15) is 0 Å². The molecule has 0 bridgehead atoms. The van der Waals surface area contributed by atoms with E-state index in [-0.39, 0.29) is 0 Å². The first-order valence-electron chi connectivity index (χ1n) is 7.61. The predicted octanol–water partition coefficient (Wildman–Crippen LogP) is 3.21. The van der Waals surface area contributed by atoms with E-state index < -0.39 is 0 Å². The molecule has 1 aliphatic carbocycles. The number of benzene rings is 1. The lowest BCUT2D eigenvalue weighted by molar-refractivity contribution is -0.745. The lowest BCUT2D eigenvalue weighted by Crippen LogP contribution is -2.95. The van der Waals surface area contributed by atoms with Crippen molar-refractivity contribution in [1.29, 1.82) is 0 Å². The van der Waals surface area contributed by atoms with Crippen LogP contribution in [-0.2, 0) is 6.54 Å². The van der Waals surface area contributed by atoms with Gasteiger partial charge in [0.05, 0.1) is 5.54 Å². The maximum absolute atomic E-state index is 2.67. The highest BCUT2D eigenvalue weighted by Gasteiger charge is 2.40. The molecule has 2 N–H and O–H groups in total. The van der Waals surface area contributed by atoms with E-state index in [1.807, 2.05) is 0 Å². The Balaban J connectivity index is 1.84. The van der Waals surface area contributed by atoms with E-state index in [0.717, 1.165) is 11.8 Å². The molecule has 0 amide bonds. The number of fused-ring (bicyclic) bond motifs is 1. The van der Waals surface area contributed by atoms with Crippen LogP contribution >= 0.6 is 0 Å². The maximum Gasteiger partial charge on any atom is 0.102 e. The molecule has 1 aliphatic heterocycles. The van der Waals surface area contributed by atoms with E-state index in [1.165, 1.54) is 38.6 Å². The molecule has 0 radical (unpaired) electrons. The third kappa shape index (κ3) is 2.21. The van der Waals surface area contributed by atoms with Gasteiger partial charge < -0.3 is 5.32 Å². The monoisotopic (exact) mass is 244 g/mol. The molecule has 1 fully saturated rings. The lowest BCUT2D eigenvalue weighted by Gasteiger charge is -2.37. The first-order valence-corrected chi connectivity index (χ1v) is 7.61. The third-order valence-electron chi connectivity index (χ3n) is 5.32. The Morgan fingerprint density at radius 2 is 1.83 bits per heavy atom. The van der Waals surface area contributed by atoms with Crippen LogP contribution in [0.25, 0.3) is 0 Å². The van der Waals surface area contributed by atoms with Crippen molar-refractivity contribution < 1.29 is 5.32 Å². The van der Waals surface area contributed by atoms with Crippen molar-refractivity contribution >= 4 is 0 Å². The largest absolute Gasteiger partial charge is 0.338 e. The fourth-order valence-corrected chi connectivity index (χ4v) is 4.08. The van der Waals surface area contributed by atoms with Crippen molar-refractivity contribution in [3.05, 3.63) is 35.4 Å². The molecule has 18 heavy (non-hydrogen) atoms. The third-order valence-corrected chi connectivity index (χ3v) is 5.32. The van der Waals surface area contributed by atoms with Crippen LogP contribution in [0.4, 0.5) is 0 Å². The number of rotatable bonds is 0. The Hall–Kier alpha value is -0.820. The topological polar surface area (TPSA) is 16.6 Å². The summed E-state index contributed by atoms with van der Waals surface area (Å²) in [6.07, 6.45) is 7.08. The minimum Gasteiger partial charge on any atom is -0.338 e. The molecule has 1 aromatic rings. The molecule has 2 aliphatic rings. The summed E-state index contributed by atoms with van der Waals surface area (Å²) in [5.74, 6) is 1.68. The molecular weight excluding hydrogens is 218 g/mol. The van der Waals surface area contributed by atoms with Gasteiger partial charge in [-0.15, -0.1) is 0 Å². The fraction of sp³-hybridized carbons (Fsp3) is 0.647. The van der Waals surface area contributed by atoms with Crippen LogP contribution in [0, 0.1) is 5.92 Å². The Bertz CT molecular complexity index is 415. The van der Waals surface area contributed by atoms with Crippen LogP contribution in [0.15, 0.2) is 24.3 Å². The highest BCUT2D eigenvalue weighted by molar-refractivity contribution is 5.30. The summed E-state index contributed by atoms with van der Waals surface area (Å²) in [6.45, 7) is 6.04. The van der Waals surface area contributed by atoms with Crippen LogP contribution in [0.2, 0.25) is 0 Å². The number of quaternary nitrogens is 1. The molecule has 3 rings (SSSR count). The predicted molar refractivity (Wildman–Crippen MR) is 75.5 cm³/mol. The maximum atomic E-state index is 2.67. The fourth-order valence-electron chi connectivity index (χ4n) is 4.08. The summed E-state index contributed by atoms with van der Waals surface area (Å²) in [4.78, 5) is 0. The van der Waals surface area contributed by atoms with Crippen LogP contribution in [0.3, 0.4) is 0 Å². The molecule has 1 heterocycles. The minimum absolute atomic E-state index is 0.547. The zero-order chi connectivity index (χ0) is 12.6. The summed E-state index contributed by atoms with van der Waals surface area (Å²) in [6, 6.07) is 9.07. The standard InChI is InChI=1S/C17H25N/c1-13-7-9-17(10-8-13)11-14(2)16-6-4-3-5-15(16)12-18-17/h3-6,13-14,18H,7-12H2,1-2H3/p+1. The number of hydrogen-bond acceptors (Lipinski definition) is 0. The Labute approximate surface area is 111 Å². The molecule has 0 saturated heterocycles. The Morgan fingerprint density at radius 3 is 2.61 bits per heavy atom. The molecule has 1 nitrogen and oxygen atoms in total. The molecule has 1 spiro atoms. The van der Waals surface area contributed by atoms with E-state index in [2.05, 4.69) is 43.4 Å². The zero-order valence-electron chi connectivity index (χ0n) is 11.8. The van der Waals surface area contributed by atoms with Gasteiger partial charge in [-0.25, -0.2) is 0 Å². The second-order valence-corrected chi connectivity index (χ2v) is 6.76. The first kappa shape index (κ1) is 12.2. The number of nitrogens with two attached hydrogens (primary N) is 1. The van der Waals surface area contributed by atoms with Gasteiger partial charge in [-0.1, -0.05) is 38.1 Å². The Kier molecular flexibility index (Phi) is 3.19. The molecule has 0 aromatic heterocycles. The van der Waals surface area contributed by atoms with Crippen molar-refractivity contribution in [2.24, 2.45) is 5.92 Å². The second-order valence-electron chi connectivity index (χ2n) is 6.76. The van der Waals surface area contributed by atoms with E-state index in [1.54, 1.807) is 11.1 Å². The van der Waals surface area contributed by atoms with Gasteiger partial charge in [0.25, 0.3) is 0 Å². The zero-order valence-corrected chi connectivity index (χ0v) is 11.8. The van der Waals surface area contributed by atoms with E-state index in [9.17, 15) is 0 Å². The SMILES string of the molecule is CC1CCC2(CC1)CC(C)c1ccccc1C[NH2+]2. The minimum atomic E-state index is 0.547. The van der Waals surface area contributed by atoms with E-state index in [0.29, 0.717) is 5.54 Å². The van der Waals surface area contributed by atoms with Crippen molar-refractivity contribution in [2.45, 2.75) is 64.0 Å². The summed E-state index contributed by atoms with van der Waals surface area (Å²) < 4.78 is 0. The average molecular weight is 244 g/mol. The Morgan fingerprint density at radius 1 is 1.11 bits per heavy atom. The smallest absolute Gasteiger partial charge is 0.102 e. The summed E-state index contributed by atoms with van der Waals surface area (Å²) in [7, 11) is 0. The van der Waals surface area contributed by atoms with Gasteiger partial charge in [-0.3, -0.25) is 0 Å². The summed E-state index contributed by atoms with van der Waals surface area (Å²) >= 11 is 0. The highest BCUT2D eigenvalue weighted by Crippen LogP contribution is 2.38. The van der Waals surface area contributed by atoms with Gasteiger partial charge in [0.15, 0.2) is 0 Å². The van der Waals surface area contributed by atoms with E-state index in [4.69, 9.17) is 0 Å². The van der Waals surface area contributed by atoms with Crippen LogP contribution in [0.1, 0.15) is 63.0 Å². The lowest BCUT2D eigenvalue weighted by atomic mass is 9.72. The molecule has 98 valence electrons. The van der Waals surface area contributed by atoms with Gasteiger partial charge in [0.2, 0.25) is 0 Å². The normalized spacial score (nSPS) is 36.1. The van der Waals surface area contributed by atoms with Crippen LogP contribution in [-0.4, -0.2) is 5.54 Å². The van der Waals surface area contributed by atoms with Crippen molar-refractivity contribution in [2.75, 3.05) is 0 Å². The summed E-state index contributed by atoms with van der Waals surface area (Å²) in [5, 5.41) is 2.67. The quantitative estimate of drug-likeness (QED) is 0.722. The van der Waals surface area contributed by atoms with Crippen molar-refractivity contribution in [3.63, 3.8) is 0 Å². The van der Waals surface area contributed by atoms with Gasteiger partial charge in [-0.05, 0) is 30.2 Å². The summed E-state index contributed by atoms with van der Waals surface area (Å²) in [5.41, 5.74) is 3.72. The second kappa shape index (κ2) is 4.70. The van der Waals surface area contributed by atoms with Gasteiger partial charge in [0.1, 0.15) is 6.54 Å². The van der Waals surface area contributed by atoms with Gasteiger partial charge >= 0.3 is 0 Å². The van der Waals surface area contributed by atoms with Crippen LogP contribution < -0.4 is 5.32 Å². The van der Waals surface area contributed by atoms with Crippen LogP contribution in [0.5, 0.6) is 0 Å².